The van der Waals surface area contributed by atoms with E-state index in [2.05, 4.69) is 4.52 Å². The quantitative estimate of drug-likeness (QED) is 0.499. The van der Waals surface area contributed by atoms with E-state index in [9.17, 15) is 4.79 Å². The Morgan fingerprint density at radius 2 is 2.10 bits per heavy atom. The summed E-state index contributed by atoms with van der Waals surface area (Å²) in [5.74, 6) is -1.26. The maximum absolute atomic E-state index is 9.92. The van der Waals surface area contributed by atoms with Crippen LogP contribution in [0.15, 0.2) is 0 Å². The van der Waals surface area contributed by atoms with E-state index in [-0.39, 0.29) is 6.61 Å². The van der Waals surface area contributed by atoms with E-state index >= 15 is 0 Å². The van der Waals surface area contributed by atoms with Gasteiger partial charge in [-0.15, -0.1) is 0 Å². The van der Waals surface area contributed by atoms with Crippen LogP contribution < -0.4 is 0 Å². The predicted molar refractivity (Wildman–Crippen MR) is 36.9 cm³/mol. The number of hydrogen-bond donors (Lipinski definition) is 3. The molecular weight excluding hydrogens is 159 g/mol. The van der Waals surface area contributed by atoms with E-state index < -0.39 is 20.1 Å². The summed E-state index contributed by atoms with van der Waals surface area (Å²) < 4.78 is 4.41. The van der Waals surface area contributed by atoms with Crippen LogP contribution in [0.25, 0.3) is 0 Å². The molecule has 5 nitrogen and oxygen atoms in total. The van der Waals surface area contributed by atoms with Crippen molar-refractivity contribution in [2.45, 2.75) is 6.92 Å². The Labute approximate surface area is 58.8 Å². The Morgan fingerprint density at radius 3 is 2.40 bits per heavy atom. The molecule has 0 fully saturated rings. The molecular formula is C4H11O5P. The number of carboxylic acid groups (broad SMARTS) is 1. The van der Waals surface area contributed by atoms with Crippen LogP contribution in [0.5, 0.6) is 0 Å². The van der Waals surface area contributed by atoms with Gasteiger partial charge in [-0.3, -0.25) is 0 Å². The first-order chi connectivity index (χ1) is 4.48. The Kier molecular flexibility index (Phi) is 3.75. The summed E-state index contributed by atoms with van der Waals surface area (Å²) in [6.07, 6.45) is -0.694. The summed E-state index contributed by atoms with van der Waals surface area (Å²) in [6, 6.07) is 0. The summed E-state index contributed by atoms with van der Waals surface area (Å²) in [7, 11) is -3.87. The minimum absolute atomic E-state index is 0.118. The van der Waals surface area contributed by atoms with Crippen molar-refractivity contribution < 1.29 is 24.2 Å². The molecule has 0 spiro atoms. The number of carboxylic acids is 1. The second-order valence-electron chi connectivity index (χ2n) is 1.75. The molecule has 0 aromatic carbocycles. The van der Waals surface area contributed by atoms with Crippen molar-refractivity contribution in [3.63, 3.8) is 0 Å². The van der Waals surface area contributed by atoms with Crippen molar-refractivity contribution in [3.05, 3.63) is 0 Å². The summed E-state index contributed by atoms with van der Waals surface area (Å²) in [6.45, 7) is 1.68. The van der Waals surface area contributed by atoms with Crippen molar-refractivity contribution in [2.24, 2.45) is 0 Å². The van der Waals surface area contributed by atoms with E-state index in [0.717, 1.165) is 0 Å². The van der Waals surface area contributed by atoms with Crippen LogP contribution in [0.2, 0.25) is 0 Å². The third-order valence-electron chi connectivity index (χ3n) is 0.757. The van der Waals surface area contributed by atoms with E-state index in [0.29, 0.717) is 0 Å². The zero-order chi connectivity index (χ0) is 8.20. The predicted octanol–water partition coefficient (Wildman–Crippen LogP) is -0.413. The zero-order valence-electron chi connectivity index (χ0n) is 5.57. The zero-order valence-corrected chi connectivity index (χ0v) is 6.57. The van der Waals surface area contributed by atoms with Gasteiger partial charge in [0.15, 0.2) is 0 Å². The molecule has 0 aliphatic rings. The van der Waals surface area contributed by atoms with Gasteiger partial charge in [-0.2, -0.15) is 0 Å². The molecule has 0 amide bonds. The number of aliphatic carboxylic acids is 1. The Balaban J connectivity index is 3.74. The molecule has 0 atom stereocenters. The van der Waals surface area contributed by atoms with Gasteiger partial charge in [0.25, 0.3) is 0 Å². The average Bonchev–Trinajstić information content (AvgIpc) is 1.59. The molecule has 0 saturated heterocycles. The van der Waals surface area contributed by atoms with Crippen LogP contribution in [-0.2, 0) is 9.32 Å². The van der Waals surface area contributed by atoms with Crippen molar-refractivity contribution in [1.29, 1.82) is 0 Å². The molecule has 0 saturated carbocycles. The van der Waals surface area contributed by atoms with Gasteiger partial charge in [0.05, 0.1) is 0 Å². The number of hydrogen-bond acceptors (Lipinski definition) is 4. The van der Waals surface area contributed by atoms with E-state index in [1.807, 2.05) is 0 Å². The van der Waals surface area contributed by atoms with Crippen LogP contribution >= 0.6 is 7.94 Å². The third-order valence-corrected chi connectivity index (χ3v) is 2.27. The number of carbonyl (C=O) groups is 1. The Bertz CT molecular complexity index is 123. The molecule has 0 radical (unpaired) electrons. The molecule has 0 rings (SSSR count). The maximum atomic E-state index is 9.92. The van der Waals surface area contributed by atoms with E-state index in [4.69, 9.17) is 14.9 Å². The molecule has 6 heteroatoms. The standard InChI is InChI=1S/C4H11O5P/c1-2-9-10(7,8)3-4(5)6/h7-8,10H,2-3H2,1H3,(H,5,6). The Hall–Kier alpha value is -0.220. The molecule has 0 aromatic heterocycles. The van der Waals surface area contributed by atoms with Gasteiger partial charge < -0.3 is 0 Å². The molecule has 0 aromatic rings. The molecule has 0 aliphatic carbocycles. The van der Waals surface area contributed by atoms with Crippen molar-refractivity contribution in [3.8, 4) is 0 Å². The van der Waals surface area contributed by atoms with Crippen molar-refractivity contribution >= 4 is 13.9 Å². The van der Waals surface area contributed by atoms with Crippen LogP contribution in [0, 0.1) is 0 Å². The van der Waals surface area contributed by atoms with Crippen LogP contribution in [0.4, 0.5) is 0 Å². The first kappa shape index (κ1) is 9.78. The Morgan fingerprint density at radius 1 is 1.60 bits per heavy atom. The summed E-state index contributed by atoms with van der Waals surface area (Å²) in [5.41, 5.74) is 0. The average molecular weight is 170 g/mol. The first-order valence-electron chi connectivity index (χ1n) is 2.78. The van der Waals surface area contributed by atoms with Crippen LogP contribution in [-0.4, -0.2) is 33.6 Å². The van der Waals surface area contributed by atoms with Crippen LogP contribution in [0.3, 0.4) is 0 Å². The van der Waals surface area contributed by atoms with Gasteiger partial charge in [-0.1, -0.05) is 0 Å². The first-order valence-corrected chi connectivity index (χ1v) is 4.79. The van der Waals surface area contributed by atoms with Gasteiger partial charge in [-0.25, -0.2) is 0 Å². The fourth-order valence-electron chi connectivity index (χ4n) is 0.479. The summed E-state index contributed by atoms with van der Waals surface area (Å²) >= 11 is 0. The van der Waals surface area contributed by atoms with Gasteiger partial charge in [-0.05, 0) is 0 Å². The monoisotopic (exact) mass is 170 g/mol. The van der Waals surface area contributed by atoms with Crippen LogP contribution in [0.1, 0.15) is 6.92 Å². The molecule has 0 unspecified atom stereocenters. The van der Waals surface area contributed by atoms with Gasteiger partial charge in [0.2, 0.25) is 0 Å². The molecule has 3 N–H and O–H groups in total. The van der Waals surface area contributed by atoms with Gasteiger partial charge >= 0.3 is 57.8 Å². The fourth-order valence-corrected chi connectivity index (χ4v) is 1.44. The molecule has 0 aliphatic heterocycles. The summed E-state index contributed by atoms with van der Waals surface area (Å²) in [4.78, 5) is 27.5. The fraction of sp³-hybridized carbons (Fsp3) is 0.750. The normalized spacial score (nSPS) is 13.1. The van der Waals surface area contributed by atoms with Crippen molar-refractivity contribution in [2.75, 3.05) is 12.8 Å². The molecule has 0 heterocycles. The van der Waals surface area contributed by atoms with Gasteiger partial charge in [0.1, 0.15) is 0 Å². The summed E-state index contributed by atoms with van der Waals surface area (Å²) in [5, 5.41) is 8.11. The molecule has 0 bridgehead atoms. The van der Waals surface area contributed by atoms with Gasteiger partial charge in [0, 0.05) is 0 Å². The van der Waals surface area contributed by atoms with E-state index in [1.54, 1.807) is 6.92 Å². The molecule has 62 valence electrons. The minimum atomic E-state index is -3.87. The third kappa shape index (κ3) is 4.64. The molecule has 10 heavy (non-hydrogen) atoms. The SMILES string of the molecule is CCO[PH](O)(O)CC(=O)O. The van der Waals surface area contributed by atoms with Crippen molar-refractivity contribution in [1.82, 2.24) is 0 Å². The topological polar surface area (TPSA) is 87.0 Å². The second-order valence-corrected chi connectivity index (χ2v) is 3.88. The second kappa shape index (κ2) is 3.83. The number of rotatable bonds is 4. The van der Waals surface area contributed by atoms with E-state index in [1.165, 1.54) is 0 Å².